The number of pyridine rings is 1. The normalized spacial score (nSPS) is 15.5. The number of hydrogen-bond donors (Lipinski definition) is 1. The summed E-state index contributed by atoms with van der Waals surface area (Å²) in [5.74, 6) is 0.992. The van der Waals surface area contributed by atoms with E-state index in [9.17, 15) is 0 Å². The van der Waals surface area contributed by atoms with Crippen LogP contribution in [0, 0.1) is 4.77 Å². The van der Waals surface area contributed by atoms with Crippen LogP contribution in [-0.4, -0.2) is 40.5 Å². The predicted octanol–water partition coefficient (Wildman–Crippen LogP) is 1.34. The molecule has 2 N–H and O–H groups in total. The molecule has 3 aromatic heterocycles. The highest BCUT2D eigenvalue weighted by atomic mass is 32.1. The zero-order valence-corrected chi connectivity index (χ0v) is 16.5. The zero-order valence-electron chi connectivity index (χ0n) is 14.9. The maximum atomic E-state index is 5.69. The van der Waals surface area contributed by atoms with Crippen LogP contribution in [0.15, 0.2) is 42.0 Å². The molecule has 0 bridgehead atoms. The van der Waals surface area contributed by atoms with Crippen molar-refractivity contribution >= 4 is 29.2 Å². The Kier molecular flexibility index (Phi) is 5.14. The van der Waals surface area contributed by atoms with E-state index in [1.807, 2.05) is 17.1 Å². The highest BCUT2D eigenvalue weighted by Gasteiger charge is 2.22. The predicted molar refractivity (Wildman–Crippen MR) is 106 cm³/mol. The minimum Gasteiger partial charge on any atom is -0.360 e. The van der Waals surface area contributed by atoms with Gasteiger partial charge in [-0.05, 0) is 30.6 Å². The molecule has 1 fully saturated rings. The summed E-state index contributed by atoms with van der Waals surface area (Å²) in [6, 6.07) is 8.45. The van der Waals surface area contributed by atoms with Gasteiger partial charge in [-0.2, -0.15) is 4.68 Å². The number of anilines is 1. The Bertz CT molecular complexity index is 892. The van der Waals surface area contributed by atoms with Crippen LogP contribution in [0.25, 0.3) is 10.7 Å². The van der Waals surface area contributed by atoms with Gasteiger partial charge < -0.3 is 9.80 Å². The molecule has 0 radical (unpaired) electrons. The Morgan fingerprint density at radius 2 is 2.00 bits per heavy atom. The van der Waals surface area contributed by atoms with Crippen LogP contribution >= 0.6 is 23.6 Å². The molecule has 1 saturated heterocycles. The molecular formula is C18H24N6S2+2. The molecule has 0 unspecified atom stereocenters. The van der Waals surface area contributed by atoms with Gasteiger partial charge in [-0.3, -0.25) is 4.57 Å². The summed E-state index contributed by atoms with van der Waals surface area (Å²) in [5.41, 5.74) is 1.29. The second-order valence-corrected chi connectivity index (χ2v) is 7.79. The molecule has 0 aliphatic carbocycles. The fourth-order valence-corrected chi connectivity index (χ4v) is 4.50. The summed E-state index contributed by atoms with van der Waals surface area (Å²) < 4.78 is 4.97. The van der Waals surface area contributed by atoms with Gasteiger partial charge in [0.2, 0.25) is 4.77 Å². The molecule has 0 spiro atoms. The van der Waals surface area contributed by atoms with Gasteiger partial charge in [0.15, 0.2) is 24.9 Å². The monoisotopic (exact) mass is 388 g/mol. The van der Waals surface area contributed by atoms with Gasteiger partial charge in [-0.25, -0.2) is 4.98 Å². The number of nitrogens with zero attached hydrogens (tertiary/aromatic N) is 4. The van der Waals surface area contributed by atoms with Gasteiger partial charge in [-0.15, -0.1) is 16.4 Å². The summed E-state index contributed by atoms with van der Waals surface area (Å²) in [7, 11) is 0. The molecule has 0 amide bonds. The van der Waals surface area contributed by atoms with Crippen molar-refractivity contribution in [2.75, 3.05) is 31.1 Å². The molecule has 6 nitrogen and oxygen atoms in total. The van der Waals surface area contributed by atoms with E-state index in [2.05, 4.69) is 51.0 Å². The van der Waals surface area contributed by atoms with Crippen LogP contribution in [0.1, 0.15) is 6.92 Å². The molecule has 1 aliphatic heterocycles. The average molecular weight is 389 g/mol. The fourth-order valence-electron chi connectivity index (χ4n) is 3.46. The quantitative estimate of drug-likeness (QED) is 0.671. The number of quaternary nitrogens is 1. The largest absolute Gasteiger partial charge is 0.360 e. The third-order valence-corrected chi connectivity index (χ3v) is 6.19. The van der Waals surface area contributed by atoms with Crippen LogP contribution < -0.4 is 14.8 Å². The molecule has 0 aromatic carbocycles. The first-order chi connectivity index (χ1) is 12.8. The third-order valence-electron chi connectivity index (χ3n) is 4.89. The van der Waals surface area contributed by atoms with E-state index in [0.29, 0.717) is 0 Å². The summed E-state index contributed by atoms with van der Waals surface area (Å²) in [6.07, 6.45) is 3.97. The number of H-pyrrole nitrogens is 1. The molecule has 1 aliphatic rings. The Labute approximate surface area is 162 Å². The number of aromatic nitrogens is 4. The molecule has 4 heterocycles. The SMILES string of the molecule is CCn1c(-c2cccs2)nn(C[NH+]2CCN(c3cc[nH+]cc3)CC2)c1=S. The van der Waals surface area contributed by atoms with Crippen molar-refractivity contribution in [1.82, 2.24) is 14.3 Å². The van der Waals surface area contributed by atoms with E-state index in [1.165, 1.54) is 15.5 Å². The lowest BCUT2D eigenvalue weighted by atomic mass is 10.3. The first-order valence-electron chi connectivity index (χ1n) is 9.02. The number of piperazine rings is 1. The van der Waals surface area contributed by atoms with Gasteiger partial charge >= 0.3 is 0 Å². The molecule has 0 atom stereocenters. The van der Waals surface area contributed by atoms with Gasteiger partial charge in [0.1, 0.15) is 0 Å². The summed E-state index contributed by atoms with van der Waals surface area (Å²) in [5, 5.41) is 6.93. The lowest BCUT2D eigenvalue weighted by Crippen LogP contribution is -3.14. The van der Waals surface area contributed by atoms with Crippen molar-refractivity contribution in [3.8, 4) is 10.7 Å². The third kappa shape index (κ3) is 3.44. The lowest BCUT2D eigenvalue weighted by Gasteiger charge is -2.33. The van der Waals surface area contributed by atoms with Gasteiger partial charge in [0.05, 0.1) is 31.1 Å². The Morgan fingerprint density at radius 3 is 2.65 bits per heavy atom. The van der Waals surface area contributed by atoms with E-state index in [-0.39, 0.29) is 0 Å². The number of aromatic amines is 1. The van der Waals surface area contributed by atoms with E-state index in [0.717, 1.165) is 50.0 Å². The molecule has 3 aromatic rings. The van der Waals surface area contributed by atoms with Crippen molar-refractivity contribution in [2.45, 2.75) is 20.1 Å². The second-order valence-electron chi connectivity index (χ2n) is 6.48. The van der Waals surface area contributed by atoms with Crippen molar-refractivity contribution in [3.63, 3.8) is 0 Å². The van der Waals surface area contributed by atoms with E-state index < -0.39 is 0 Å². The van der Waals surface area contributed by atoms with Crippen molar-refractivity contribution in [2.24, 2.45) is 0 Å². The molecule has 136 valence electrons. The number of rotatable bonds is 5. The first kappa shape index (κ1) is 17.4. The smallest absolute Gasteiger partial charge is 0.203 e. The molecule has 26 heavy (non-hydrogen) atoms. The minimum atomic E-state index is 0.824. The summed E-state index contributed by atoms with van der Waals surface area (Å²) in [6.45, 7) is 8.10. The fraction of sp³-hybridized carbons (Fsp3) is 0.389. The summed E-state index contributed by atoms with van der Waals surface area (Å²) in [4.78, 5) is 8.23. The second kappa shape index (κ2) is 7.69. The van der Waals surface area contributed by atoms with Gasteiger partial charge in [-0.1, -0.05) is 6.07 Å². The van der Waals surface area contributed by atoms with Crippen LogP contribution in [0.4, 0.5) is 5.69 Å². The van der Waals surface area contributed by atoms with Crippen LogP contribution in [0.3, 0.4) is 0 Å². The van der Waals surface area contributed by atoms with Crippen LogP contribution in [-0.2, 0) is 13.2 Å². The number of hydrogen-bond acceptors (Lipinski definition) is 4. The number of thiophene rings is 1. The van der Waals surface area contributed by atoms with Crippen molar-refractivity contribution in [3.05, 3.63) is 46.8 Å². The standard InChI is InChI=1S/C18H22N6S2/c1-2-23-17(16-4-3-13-26-16)20-24(18(23)25)14-21-9-11-22(12-10-21)15-5-7-19-8-6-15/h3-8,13H,2,9-12,14H2,1H3/p+2. The van der Waals surface area contributed by atoms with E-state index in [1.54, 1.807) is 11.3 Å². The Hall–Kier alpha value is -2.03. The topological polar surface area (TPSA) is 44.6 Å². The maximum absolute atomic E-state index is 5.69. The molecular weight excluding hydrogens is 364 g/mol. The average Bonchev–Trinajstić information content (AvgIpc) is 3.32. The van der Waals surface area contributed by atoms with Gasteiger partial charge in [0, 0.05) is 24.4 Å². The minimum absolute atomic E-state index is 0.824. The Morgan fingerprint density at radius 1 is 1.23 bits per heavy atom. The van der Waals surface area contributed by atoms with Crippen LogP contribution in [0.2, 0.25) is 0 Å². The van der Waals surface area contributed by atoms with E-state index in [4.69, 9.17) is 17.3 Å². The van der Waals surface area contributed by atoms with Crippen molar-refractivity contribution < 1.29 is 9.88 Å². The lowest BCUT2D eigenvalue weighted by molar-refractivity contribution is -0.924. The number of nitrogens with one attached hydrogen (secondary N) is 2. The molecule has 4 rings (SSSR count). The maximum Gasteiger partial charge on any atom is 0.203 e. The highest BCUT2D eigenvalue weighted by Crippen LogP contribution is 2.23. The highest BCUT2D eigenvalue weighted by molar-refractivity contribution is 7.71. The van der Waals surface area contributed by atoms with Gasteiger partial charge in [0.25, 0.3) is 0 Å². The first-order valence-corrected chi connectivity index (χ1v) is 10.3. The molecule has 8 heteroatoms. The summed E-state index contributed by atoms with van der Waals surface area (Å²) >= 11 is 7.41. The van der Waals surface area contributed by atoms with Crippen molar-refractivity contribution in [1.29, 1.82) is 0 Å². The van der Waals surface area contributed by atoms with E-state index >= 15 is 0 Å². The Balaban J connectivity index is 1.46. The zero-order chi connectivity index (χ0) is 17.9. The molecule has 0 saturated carbocycles. The van der Waals surface area contributed by atoms with Crippen LogP contribution in [0.5, 0.6) is 0 Å².